The summed E-state index contributed by atoms with van der Waals surface area (Å²) in [6, 6.07) is 2.04. The van der Waals surface area contributed by atoms with Crippen molar-refractivity contribution in [3.8, 4) is 11.5 Å². The molecule has 0 fully saturated rings. The Hall–Kier alpha value is -3.94. The Labute approximate surface area is 177 Å². The number of Topliss-reactive ketones (excluding diaryl/α,β-unsaturated/α-hetero) is 2. The van der Waals surface area contributed by atoms with Gasteiger partial charge in [0.1, 0.15) is 17.0 Å². The molecule has 0 saturated carbocycles. The number of aromatic carboxylic acids is 1. The van der Waals surface area contributed by atoms with Crippen molar-refractivity contribution >= 4 is 29.1 Å². The molecule has 0 spiro atoms. The largest absolute Gasteiger partial charge is 0.506 e. The lowest BCUT2D eigenvalue weighted by atomic mass is 9.82. The number of hydrogen-bond acceptors (Lipinski definition) is 6. The molecular weight excluding hydrogens is 402 g/mol. The lowest BCUT2D eigenvalue weighted by Gasteiger charge is -2.19. The molecule has 0 unspecified atom stereocenters. The number of carboxylic acid groups (broad SMARTS) is 1. The summed E-state index contributed by atoms with van der Waals surface area (Å²) in [6.45, 7) is 0. The first-order valence-corrected chi connectivity index (χ1v) is 9.65. The van der Waals surface area contributed by atoms with Crippen LogP contribution in [0.1, 0.15) is 23.2 Å². The van der Waals surface area contributed by atoms with Crippen LogP contribution in [0.3, 0.4) is 0 Å². The minimum atomic E-state index is -1.43. The molecular formula is C23H21NO7. The molecule has 1 aromatic rings. The fraction of sp³-hybridized carbons (Fsp3) is 0.217. The molecule has 1 amide bonds. The number of allylic oxidation sites excluding steroid dienone is 8. The van der Waals surface area contributed by atoms with Gasteiger partial charge in [0.25, 0.3) is 0 Å². The van der Waals surface area contributed by atoms with Crippen molar-refractivity contribution in [1.82, 2.24) is 0 Å². The highest BCUT2D eigenvalue weighted by Gasteiger charge is 2.34. The number of aromatic hydroxyl groups is 2. The van der Waals surface area contributed by atoms with Crippen molar-refractivity contribution in [1.29, 1.82) is 0 Å². The molecule has 3 rings (SSSR count). The number of anilines is 1. The van der Waals surface area contributed by atoms with E-state index in [0.717, 1.165) is 12.1 Å². The third kappa shape index (κ3) is 4.80. The van der Waals surface area contributed by atoms with Crippen molar-refractivity contribution in [3.05, 3.63) is 66.3 Å². The van der Waals surface area contributed by atoms with Gasteiger partial charge in [-0.15, -0.1) is 0 Å². The Morgan fingerprint density at radius 1 is 0.871 bits per heavy atom. The molecule has 0 aromatic heterocycles. The van der Waals surface area contributed by atoms with Gasteiger partial charge < -0.3 is 20.6 Å². The number of phenols is 2. The molecule has 31 heavy (non-hydrogen) atoms. The van der Waals surface area contributed by atoms with Gasteiger partial charge in [0, 0.05) is 6.42 Å². The SMILES string of the molecule is O=C(CCC(C(=O)C1C=CC=C1)C(=O)C1C=CC=C1)Nc1c(O)ccc(C(=O)O)c1O. The number of amides is 1. The van der Waals surface area contributed by atoms with E-state index in [0.29, 0.717) is 0 Å². The highest BCUT2D eigenvalue weighted by Crippen LogP contribution is 2.36. The van der Waals surface area contributed by atoms with E-state index < -0.39 is 52.4 Å². The van der Waals surface area contributed by atoms with E-state index in [1.165, 1.54) is 0 Å². The van der Waals surface area contributed by atoms with Crippen LogP contribution in [0.25, 0.3) is 0 Å². The molecule has 1 aromatic carbocycles. The normalized spacial score (nSPS) is 15.1. The molecule has 160 valence electrons. The fourth-order valence-electron chi connectivity index (χ4n) is 3.49. The van der Waals surface area contributed by atoms with E-state index in [9.17, 15) is 29.4 Å². The van der Waals surface area contributed by atoms with E-state index in [4.69, 9.17) is 5.11 Å². The van der Waals surface area contributed by atoms with Crippen molar-refractivity contribution in [2.24, 2.45) is 17.8 Å². The van der Waals surface area contributed by atoms with E-state index >= 15 is 0 Å². The number of phenolic OH excluding ortho intramolecular Hbond substituents is 1. The Balaban J connectivity index is 1.73. The number of carboxylic acids is 1. The zero-order valence-electron chi connectivity index (χ0n) is 16.4. The summed E-state index contributed by atoms with van der Waals surface area (Å²) < 4.78 is 0. The Morgan fingerprint density at radius 2 is 1.39 bits per heavy atom. The average molecular weight is 423 g/mol. The Morgan fingerprint density at radius 3 is 1.87 bits per heavy atom. The minimum absolute atomic E-state index is 0.0694. The van der Waals surface area contributed by atoms with Crippen LogP contribution < -0.4 is 5.32 Å². The maximum atomic E-state index is 12.9. The smallest absolute Gasteiger partial charge is 0.339 e. The van der Waals surface area contributed by atoms with Crippen LogP contribution in [0.5, 0.6) is 11.5 Å². The van der Waals surface area contributed by atoms with E-state index in [1.54, 1.807) is 48.6 Å². The predicted octanol–water partition coefficient (Wildman–Crippen LogP) is 2.75. The van der Waals surface area contributed by atoms with Crippen LogP contribution in [0.2, 0.25) is 0 Å². The fourth-order valence-corrected chi connectivity index (χ4v) is 3.49. The highest BCUT2D eigenvalue weighted by molar-refractivity contribution is 6.07. The standard InChI is InChI=1S/C23H21NO7/c25-17-11-9-16(23(30)31)22(29)19(17)24-18(26)12-10-15(20(27)13-5-1-2-6-13)21(28)14-7-3-4-8-14/h1-9,11,13-15,25,29H,10,12H2,(H,24,26)(H,30,31). The summed E-state index contributed by atoms with van der Waals surface area (Å²) in [5, 5.41) is 31.3. The minimum Gasteiger partial charge on any atom is -0.506 e. The van der Waals surface area contributed by atoms with Gasteiger partial charge in [-0.2, -0.15) is 0 Å². The number of benzene rings is 1. The zero-order valence-corrected chi connectivity index (χ0v) is 16.4. The van der Waals surface area contributed by atoms with Crippen molar-refractivity contribution in [2.45, 2.75) is 12.8 Å². The zero-order chi connectivity index (χ0) is 22.5. The summed E-state index contributed by atoms with van der Waals surface area (Å²) in [5.41, 5.74) is -0.932. The van der Waals surface area contributed by atoms with Gasteiger partial charge in [0.15, 0.2) is 17.3 Å². The first-order valence-electron chi connectivity index (χ1n) is 9.65. The van der Waals surface area contributed by atoms with E-state index in [1.807, 2.05) is 0 Å². The molecule has 0 heterocycles. The maximum absolute atomic E-state index is 12.9. The third-order valence-corrected chi connectivity index (χ3v) is 5.15. The number of nitrogens with one attached hydrogen (secondary N) is 1. The topological polar surface area (TPSA) is 141 Å². The lowest BCUT2D eigenvalue weighted by molar-refractivity contribution is -0.134. The maximum Gasteiger partial charge on any atom is 0.339 e. The third-order valence-electron chi connectivity index (χ3n) is 5.15. The second-order valence-electron chi connectivity index (χ2n) is 7.20. The van der Waals surface area contributed by atoms with Gasteiger partial charge in [0.05, 0.1) is 17.8 Å². The van der Waals surface area contributed by atoms with Crippen LogP contribution in [-0.4, -0.2) is 38.8 Å². The van der Waals surface area contributed by atoms with Crippen LogP contribution in [0.4, 0.5) is 5.69 Å². The summed E-state index contributed by atoms with van der Waals surface area (Å²) in [7, 11) is 0. The summed E-state index contributed by atoms with van der Waals surface area (Å²) in [5.74, 6) is -6.13. The molecule has 0 saturated heterocycles. The van der Waals surface area contributed by atoms with Crippen LogP contribution in [0.15, 0.2) is 60.7 Å². The Bertz CT molecular complexity index is 984. The van der Waals surface area contributed by atoms with Gasteiger partial charge in [-0.3, -0.25) is 14.4 Å². The molecule has 8 nitrogen and oxygen atoms in total. The number of hydrogen-bond donors (Lipinski definition) is 4. The quantitative estimate of drug-likeness (QED) is 0.353. The molecule has 4 N–H and O–H groups in total. The summed E-state index contributed by atoms with van der Waals surface area (Å²) in [6.07, 6.45) is 13.2. The molecule has 2 aliphatic rings. The number of carbonyl (C=O) groups excluding carboxylic acids is 3. The number of ketones is 2. The van der Waals surface area contributed by atoms with Crippen LogP contribution >= 0.6 is 0 Å². The van der Waals surface area contributed by atoms with Gasteiger partial charge >= 0.3 is 5.97 Å². The monoisotopic (exact) mass is 423 g/mol. The van der Waals surface area contributed by atoms with Gasteiger partial charge in [0.2, 0.25) is 5.91 Å². The molecule has 8 heteroatoms. The van der Waals surface area contributed by atoms with Gasteiger partial charge in [-0.25, -0.2) is 4.79 Å². The number of rotatable bonds is 9. The molecule has 2 aliphatic carbocycles. The average Bonchev–Trinajstić information content (AvgIpc) is 3.44. The molecule has 0 atom stereocenters. The van der Waals surface area contributed by atoms with Crippen LogP contribution in [0, 0.1) is 17.8 Å². The van der Waals surface area contributed by atoms with Crippen LogP contribution in [-0.2, 0) is 14.4 Å². The molecule has 0 radical (unpaired) electrons. The first-order chi connectivity index (χ1) is 14.8. The lowest BCUT2D eigenvalue weighted by Crippen LogP contribution is -2.32. The molecule has 0 aliphatic heterocycles. The van der Waals surface area contributed by atoms with E-state index in [-0.39, 0.29) is 24.4 Å². The van der Waals surface area contributed by atoms with Gasteiger partial charge in [-0.1, -0.05) is 48.6 Å². The van der Waals surface area contributed by atoms with Crippen molar-refractivity contribution < 1.29 is 34.5 Å². The Kier molecular flexibility index (Phi) is 6.49. The number of carbonyl (C=O) groups is 4. The first kappa shape index (κ1) is 21.8. The summed E-state index contributed by atoms with van der Waals surface area (Å²) >= 11 is 0. The second kappa shape index (κ2) is 9.25. The summed E-state index contributed by atoms with van der Waals surface area (Å²) in [4.78, 5) is 49.4. The van der Waals surface area contributed by atoms with Crippen molar-refractivity contribution in [2.75, 3.05) is 5.32 Å². The van der Waals surface area contributed by atoms with Crippen molar-refractivity contribution in [3.63, 3.8) is 0 Å². The van der Waals surface area contributed by atoms with Gasteiger partial charge in [-0.05, 0) is 18.6 Å². The van der Waals surface area contributed by atoms with E-state index in [2.05, 4.69) is 5.32 Å². The second-order valence-corrected chi connectivity index (χ2v) is 7.20. The molecule has 0 bridgehead atoms. The predicted molar refractivity (Wildman–Crippen MR) is 112 cm³/mol. The highest BCUT2D eigenvalue weighted by atomic mass is 16.4.